The van der Waals surface area contributed by atoms with E-state index >= 15 is 0 Å². The number of aromatic nitrogens is 2. The van der Waals surface area contributed by atoms with Gasteiger partial charge in [0.1, 0.15) is 5.71 Å². The number of nitrogens with one attached hydrogen (secondary N) is 2. The molecule has 3 N–H and O–H groups in total. The summed E-state index contributed by atoms with van der Waals surface area (Å²) in [5, 5.41) is 12.3. The zero-order chi connectivity index (χ0) is 11.5. The lowest BCUT2D eigenvalue weighted by Crippen LogP contribution is -2.10. The summed E-state index contributed by atoms with van der Waals surface area (Å²) in [5.41, 5.74) is 4.20. The van der Waals surface area contributed by atoms with Crippen LogP contribution in [0, 0.1) is 0 Å². The first kappa shape index (κ1) is 10.2. The SMILES string of the molecule is C/C(=N\Nc1nc2ccccc2[nH]1)C(=O)O. The van der Waals surface area contributed by atoms with Crippen molar-refractivity contribution < 1.29 is 9.90 Å². The third kappa shape index (κ3) is 2.00. The highest BCUT2D eigenvalue weighted by Gasteiger charge is 2.03. The van der Waals surface area contributed by atoms with Crippen molar-refractivity contribution in [2.45, 2.75) is 6.92 Å². The Labute approximate surface area is 91.0 Å². The van der Waals surface area contributed by atoms with Gasteiger partial charge in [-0.25, -0.2) is 15.2 Å². The second-order valence-electron chi connectivity index (χ2n) is 3.22. The predicted octanol–water partition coefficient (Wildman–Crippen LogP) is 1.44. The number of hydrogen-bond donors (Lipinski definition) is 3. The van der Waals surface area contributed by atoms with Crippen LogP contribution in [0.5, 0.6) is 0 Å². The van der Waals surface area contributed by atoms with E-state index in [1.807, 2.05) is 24.3 Å². The molecule has 2 rings (SSSR count). The van der Waals surface area contributed by atoms with Crippen LogP contribution >= 0.6 is 0 Å². The average molecular weight is 218 g/mol. The average Bonchev–Trinajstić information content (AvgIpc) is 2.68. The Bertz CT molecular complexity index is 526. The van der Waals surface area contributed by atoms with Crippen LogP contribution in [0.1, 0.15) is 6.92 Å². The Morgan fingerprint density at radius 3 is 2.94 bits per heavy atom. The molecule has 1 heterocycles. The van der Waals surface area contributed by atoms with Gasteiger partial charge in [0.2, 0.25) is 5.95 Å². The molecule has 0 spiro atoms. The number of aliphatic carboxylic acids is 1. The molecule has 1 aromatic carbocycles. The fourth-order valence-corrected chi connectivity index (χ4v) is 1.19. The van der Waals surface area contributed by atoms with Gasteiger partial charge in [0.15, 0.2) is 0 Å². The number of carboxylic acids is 1. The van der Waals surface area contributed by atoms with Crippen molar-refractivity contribution in [2.75, 3.05) is 5.43 Å². The van der Waals surface area contributed by atoms with Crippen LogP contribution in [0.15, 0.2) is 29.4 Å². The maximum Gasteiger partial charge on any atom is 0.351 e. The number of benzene rings is 1. The lowest BCUT2D eigenvalue weighted by Gasteiger charge is -1.94. The summed E-state index contributed by atoms with van der Waals surface area (Å²) in [6.07, 6.45) is 0. The number of aromatic amines is 1. The molecule has 0 radical (unpaired) electrons. The Morgan fingerprint density at radius 2 is 2.25 bits per heavy atom. The van der Waals surface area contributed by atoms with Gasteiger partial charge in [0.25, 0.3) is 0 Å². The smallest absolute Gasteiger partial charge is 0.351 e. The molecule has 0 amide bonds. The van der Waals surface area contributed by atoms with E-state index < -0.39 is 5.97 Å². The molecule has 16 heavy (non-hydrogen) atoms. The Balaban J connectivity index is 2.22. The highest BCUT2D eigenvalue weighted by Crippen LogP contribution is 2.12. The summed E-state index contributed by atoms with van der Waals surface area (Å²) in [6, 6.07) is 7.49. The fraction of sp³-hybridized carbons (Fsp3) is 0.100. The topological polar surface area (TPSA) is 90.4 Å². The van der Waals surface area contributed by atoms with Gasteiger partial charge in [-0.3, -0.25) is 0 Å². The maximum atomic E-state index is 10.5. The number of fused-ring (bicyclic) bond motifs is 1. The van der Waals surface area contributed by atoms with Gasteiger partial charge in [0, 0.05) is 0 Å². The highest BCUT2D eigenvalue weighted by atomic mass is 16.4. The molecule has 0 atom stereocenters. The first-order valence-electron chi connectivity index (χ1n) is 4.65. The fourth-order valence-electron chi connectivity index (χ4n) is 1.19. The summed E-state index contributed by atoms with van der Waals surface area (Å²) < 4.78 is 0. The Kier molecular flexibility index (Phi) is 2.55. The summed E-state index contributed by atoms with van der Waals surface area (Å²) in [4.78, 5) is 17.6. The van der Waals surface area contributed by atoms with E-state index in [-0.39, 0.29) is 5.71 Å². The third-order valence-corrected chi connectivity index (χ3v) is 2.03. The van der Waals surface area contributed by atoms with E-state index in [2.05, 4.69) is 20.5 Å². The summed E-state index contributed by atoms with van der Waals surface area (Å²) in [6.45, 7) is 1.40. The molecular formula is C10H10N4O2. The van der Waals surface area contributed by atoms with Crippen molar-refractivity contribution in [2.24, 2.45) is 5.10 Å². The molecule has 6 nitrogen and oxygen atoms in total. The van der Waals surface area contributed by atoms with Crippen LogP contribution in [0.2, 0.25) is 0 Å². The summed E-state index contributed by atoms with van der Waals surface area (Å²) in [5.74, 6) is -0.648. The van der Waals surface area contributed by atoms with E-state index in [9.17, 15) is 4.79 Å². The molecular weight excluding hydrogens is 208 g/mol. The number of carbonyl (C=O) groups is 1. The predicted molar refractivity (Wildman–Crippen MR) is 60.5 cm³/mol. The monoisotopic (exact) mass is 218 g/mol. The number of hydrazone groups is 1. The summed E-state index contributed by atoms with van der Waals surface area (Å²) in [7, 11) is 0. The van der Waals surface area contributed by atoms with Crippen LogP contribution in [-0.4, -0.2) is 26.8 Å². The molecule has 0 saturated heterocycles. The zero-order valence-electron chi connectivity index (χ0n) is 8.56. The van der Waals surface area contributed by atoms with E-state index in [1.54, 1.807) is 0 Å². The lowest BCUT2D eigenvalue weighted by atomic mass is 10.3. The number of rotatable bonds is 3. The zero-order valence-corrected chi connectivity index (χ0v) is 8.56. The number of hydrogen-bond acceptors (Lipinski definition) is 4. The maximum absolute atomic E-state index is 10.5. The number of H-pyrrole nitrogens is 1. The molecule has 0 aliphatic carbocycles. The third-order valence-electron chi connectivity index (χ3n) is 2.03. The van der Waals surface area contributed by atoms with Gasteiger partial charge in [-0.05, 0) is 19.1 Å². The van der Waals surface area contributed by atoms with Crippen molar-refractivity contribution in [1.29, 1.82) is 0 Å². The quantitative estimate of drug-likeness (QED) is 0.537. The standard InChI is InChI=1S/C10H10N4O2/c1-6(9(15)16)13-14-10-11-7-4-2-3-5-8(7)12-10/h2-5H,1H3,(H,15,16)(H2,11,12,14)/b13-6+. The van der Waals surface area contributed by atoms with Gasteiger partial charge < -0.3 is 10.1 Å². The van der Waals surface area contributed by atoms with Crippen LogP contribution in [0.25, 0.3) is 11.0 Å². The molecule has 0 aliphatic rings. The van der Waals surface area contributed by atoms with Crippen molar-refractivity contribution >= 4 is 28.7 Å². The van der Waals surface area contributed by atoms with Crippen molar-refractivity contribution in [3.8, 4) is 0 Å². The second kappa shape index (κ2) is 4.01. The second-order valence-corrected chi connectivity index (χ2v) is 3.22. The minimum Gasteiger partial charge on any atom is -0.477 e. The van der Waals surface area contributed by atoms with Crippen LogP contribution in [0.3, 0.4) is 0 Å². The van der Waals surface area contributed by atoms with Gasteiger partial charge in [-0.15, -0.1) is 0 Å². The molecule has 82 valence electrons. The molecule has 0 unspecified atom stereocenters. The first-order valence-corrected chi connectivity index (χ1v) is 4.65. The minimum atomic E-state index is -1.07. The number of para-hydroxylation sites is 2. The van der Waals surface area contributed by atoms with Gasteiger partial charge in [-0.2, -0.15) is 5.10 Å². The van der Waals surface area contributed by atoms with E-state index in [0.717, 1.165) is 11.0 Å². The Hall–Kier alpha value is -2.37. The number of carboxylic acid groups (broad SMARTS) is 1. The molecule has 1 aromatic heterocycles. The number of nitrogens with zero attached hydrogens (tertiary/aromatic N) is 2. The first-order chi connectivity index (χ1) is 7.66. The van der Waals surface area contributed by atoms with E-state index in [0.29, 0.717) is 5.95 Å². The molecule has 6 heteroatoms. The highest BCUT2D eigenvalue weighted by molar-refractivity contribution is 6.34. The van der Waals surface area contributed by atoms with Gasteiger partial charge in [-0.1, -0.05) is 12.1 Å². The van der Waals surface area contributed by atoms with E-state index in [4.69, 9.17) is 5.11 Å². The lowest BCUT2D eigenvalue weighted by molar-refractivity contribution is -0.129. The van der Waals surface area contributed by atoms with Crippen molar-refractivity contribution in [3.63, 3.8) is 0 Å². The van der Waals surface area contributed by atoms with E-state index in [1.165, 1.54) is 6.92 Å². The molecule has 0 fully saturated rings. The van der Waals surface area contributed by atoms with Gasteiger partial charge in [0.05, 0.1) is 11.0 Å². The van der Waals surface area contributed by atoms with Crippen LogP contribution in [0.4, 0.5) is 5.95 Å². The van der Waals surface area contributed by atoms with Crippen LogP contribution in [-0.2, 0) is 4.79 Å². The number of imidazole rings is 1. The largest absolute Gasteiger partial charge is 0.477 e. The molecule has 0 saturated carbocycles. The molecule has 0 bridgehead atoms. The Morgan fingerprint density at radius 1 is 1.50 bits per heavy atom. The van der Waals surface area contributed by atoms with Crippen molar-refractivity contribution in [3.05, 3.63) is 24.3 Å². The summed E-state index contributed by atoms with van der Waals surface area (Å²) >= 11 is 0. The molecule has 2 aromatic rings. The minimum absolute atomic E-state index is 0.0274. The van der Waals surface area contributed by atoms with Crippen molar-refractivity contribution in [1.82, 2.24) is 9.97 Å². The number of anilines is 1. The normalized spacial score (nSPS) is 11.7. The molecule has 0 aliphatic heterocycles. The van der Waals surface area contributed by atoms with Crippen LogP contribution < -0.4 is 5.43 Å². The van der Waals surface area contributed by atoms with Gasteiger partial charge >= 0.3 is 5.97 Å².